The summed E-state index contributed by atoms with van der Waals surface area (Å²) in [6.45, 7) is 8.53. The minimum absolute atomic E-state index is 0.0104. The van der Waals surface area contributed by atoms with Crippen molar-refractivity contribution in [1.82, 2.24) is 5.32 Å². The van der Waals surface area contributed by atoms with Crippen LogP contribution in [0.3, 0.4) is 0 Å². The molecule has 1 heterocycles. The topological polar surface area (TPSA) is 97.6 Å². The summed E-state index contributed by atoms with van der Waals surface area (Å²) in [6.07, 6.45) is 0.446. The molecular formula is C28H28N2O5. The van der Waals surface area contributed by atoms with Gasteiger partial charge in [-0.1, -0.05) is 19.9 Å². The molecule has 0 saturated carbocycles. The summed E-state index contributed by atoms with van der Waals surface area (Å²) < 4.78 is 17.0. The van der Waals surface area contributed by atoms with E-state index >= 15 is 0 Å². The zero-order chi connectivity index (χ0) is 25.0. The predicted octanol–water partition coefficient (Wildman–Crippen LogP) is 3.69. The summed E-state index contributed by atoms with van der Waals surface area (Å²) in [7, 11) is 0. The number of hydrogen-bond acceptors (Lipinski definition) is 6. The van der Waals surface area contributed by atoms with E-state index in [2.05, 4.69) is 25.2 Å². The number of ketones is 1. The summed E-state index contributed by atoms with van der Waals surface area (Å²) in [6, 6.07) is 13.1. The van der Waals surface area contributed by atoms with Crippen LogP contribution in [0.15, 0.2) is 42.0 Å². The average Bonchev–Trinajstić information content (AvgIpc) is 3.39. The molecule has 2 aliphatic carbocycles. The third kappa shape index (κ3) is 4.13. The number of amides is 1. The highest BCUT2D eigenvalue weighted by molar-refractivity contribution is 6.33. The Hall–Kier alpha value is -3.47. The van der Waals surface area contributed by atoms with Crippen LogP contribution in [-0.4, -0.2) is 43.3 Å². The molecule has 7 heteroatoms. The summed E-state index contributed by atoms with van der Waals surface area (Å²) in [5.74, 6) is -0.361. The van der Waals surface area contributed by atoms with Crippen LogP contribution in [0, 0.1) is 11.3 Å². The van der Waals surface area contributed by atoms with Crippen LogP contribution in [0.5, 0.6) is 5.75 Å². The molecule has 1 atom stereocenters. The zero-order valence-corrected chi connectivity index (χ0v) is 20.4. The van der Waals surface area contributed by atoms with Crippen LogP contribution in [0.4, 0.5) is 0 Å². The molecule has 2 aromatic rings. The quantitative estimate of drug-likeness (QED) is 0.713. The number of nitriles is 1. The van der Waals surface area contributed by atoms with Crippen LogP contribution in [0.25, 0.3) is 5.57 Å². The first-order chi connectivity index (χ1) is 16.6. The third-order valence-electron chi connectivity index (χ3n) is 7.03. The minimum atomic E-state index is -0.632. The van der Waals surface area contributed by atoms with Gasteiger partial charge in [0.15, 0.2) is 18.2 Å². The molecule has 180 valence electrons. The van der Waals surface area contributed by atoms with E-state index in [4.69, 9.17) is 14.2 Å². The van der Waals surface area contributed by atoms with Gasteiger partial charge < -0.3 is 19.5 Å². The Morgan fingerprint density at radius 1 is 1.17 bits per heavy atom. The van der Waals surface area contributed by atoms with Crippen LogP contribution in [0.2, 0.25) is 0 Å². The van der Waals surface area contributed by atoms with Gasteiger partial charge in [-0.05, 0) is 72.9 Å². The second kappa shape index (κ2) is 8.33. The van der Waals surface area contributed by atoms with Gasteiger partial charge in [-0.2, -0.15) is 5.26 Å². The summed E-state index contributed by atoms with van der Waals surface area (Å²) >= 11 is 0. The lowest BCUT2D eigenvalue weighted by molar-refractivity contribution is -0.139. The minimum Gasteiger partial charge on any atom is -0.484 e. The molecule has 1 aliphatic heterocycles. The van der Waals surface area contributed by atoms with E-state index in [0.717, 1.165) is 27.8 Å². The smallest absolute Gasteiger partial charge is 0.258 e. The maximum absolute atomic E-state index is 13.5. The molecule has 2 aromatic carbocycles. The molecule has 5 rings (SSSR count). The van der Waals surface area contributed by atoms with E-state index in [1.165, 1.54) is 0 Å². The van der Waals surface area contributed by atoms with Crippen molar-refractivity contribution < 1.29 is 23.8 Å². The Kier molecular flexibility index (Phi) is 5.54. The van der Waals surface area contributed by atoms with E-state index in [0.29, 0.717) is 36.4 Å². The molecule has 1 unspecified atom stereocenters. The predicted molar refractivity (Wildman–Crippen MR) is 129 cm³/mol. The number of fused-ring (bicyclic) bond motifs is 3. The van der Waals surface area contributed by atoms with Gasteiger partial charge in [-0.25, -0.2) is 0 Å². The number of nitrogens with zero attached hydrogens (tertiary/aromatic N) is 1. The van der Waals surface area contributed by atoms with E-state index < -0.39 is 11.2 Å². The molecule has 3 aliphatic rings. The Bertz CT molecular complexity index is 1320. The Labute approximate surface area is 204 Å². The maximum atomic E-state index is 13.5. The maximum Gasteiger partial charge on any atom is 0.258 e. The number of allylic oxidation sites excluding steroid dienone is 2. The van der Waals surface area contributed by atoms with Crippen LogP contribution in [0.1, 0.15) is 60.3 Å². The first kappa shape index (κ1) is 23.3. The van der Waals surface area contributed by atoms with Crippen molar-refractivity contribution in [2.24, 2.45) is 0 Å². The fraction of sp³-hybridized carbons (Fsp3) is 0.393. The van der Waals surface area contributed by atoms with Crippen molar-refractivity contribution in [3.8, 4) is 11.8 Å². The van der Waals surface area contributed by atoms with E-state index in [-0.39, 0.29) is 24.4 Å². The average molecular weight is 473 g/mol. The lowest BCUT2D eigenvalue weighted by Crippen LogP contribution is -2.37. The molecule has 0 spiro atoms. The number of benzene rings is 2. The van der Waals surface area contributed by atoms with Gasteiger partial charge in [0, 0.05) is 23.1 Å². The monoisotopic (exact) mass is 472 g/mol. The van der Waals surface area contributed by atoms with Gasteiger partial charge in [0.2, 0.25) is 0 Å². The van der Waals surface area contributed by atoms with Gasteiger partial charge in [0.05, 0.1) is 18.2 Å². The Morgan fingerprint density at radius 2 is 1.94 bits per heavy atom. The lowest BCUT2D eigenvalue weighted by Gasteiger charge is -2.34. The number of carbonyl (C=O) groups excluding carboxylic acids is 2. The zero-order valence-electron chi connectivity index (χ0n) is 20.4. The highest BCUT2D eigenvalue weighted by atomic mass is 16.7. The van der Waals surface area contributed by atoms with Crippen molar-refractivity contribution in [2.45, 2.75) is 51.4 Å². The number of hydrogen-bond donors (Lipinski definition) is 1. The molecule has 0 aromatic heterocycles. The molecule has 1 saturated heterocycles. The fourth-order valence-electron chi connectivity index (χ4n) is 5.20. The number of rotatable bonds is 5. The molecule has 7 nitrogen and oxygen atoms in total. The molecule has 1 fully saturated rings. The van der Waals surface area contributed by atoms with Crippen LogP contribution < -0.4 is 10.1 Å². The number of nitrogens with one attached hydrogen (secondary N) is 1. The van der Waals surface area contributed by atoms with Crippen molar-refractivity contribution in [3.63, 3.8) is 0 Å². The first-order valence-electron chi connectivity index (χ1n) is 11.8. The third-order valence-corrected chi connectivity index (χ3v) is 7.03. The second-order valence-electron chi connectivity index (χ2n) is 10.2. The summed E-state index contributed by atoms with van der Waals surface area (Å²) in [5.41, 5.74) is 5.44. The second-order valence-corrected chi connectivity index (χ2v) is 10.2. The SMILES string of the molecule is CC1(C)OCC(CNC(=O)COc2ccc3c(c2)C(C)(C)C2=C(C3=O)c3ccc(C#N)cc3C2)O1. The number of carbonyl (C=O) groups is 2. The highest BCUT2D eigenvalue weighted by Crippen LogP contribution is 2.50. The molecule has 1 N–H and O–H groups in total. The highest BCUT2D eigenvalue weighted by Gasteiger charge is 2.43. The summed E-state index contributed by atoms with van der Waals surface area (Å²) in [5, 5.41) is 12.1. The lowest BCUT2D eigenvalue weighted by atomic mass is 9.68. The van der Waals surface area contributed by atoms with Gasteiger partial charge in [0.1, 0.15) is 11.9 Å². The number of Topliss-reactive ketones (excluding diaryl/α,β-unsaturated/α-hetero) is 1. The van der Waals surface area contributed by atoms with Gasteiger partial charge >= 0.3 is 0 Å². The van der Waals surface area contributed by atoms with E-state index in [1.807, 2.05) is 32.0 Å². The summed E-state index contributed by atoms with van der Waals surface area (Å²) in [4.78, 5) is 25.8. The van der Waals surface area contributed by atoms with Gasteiger partial charge in [-0.3, -0.25) is 9.59 Å². The van der Waals surface area contributed by atoms with Gasteiger partial charge in [-0.15, -0.1) is 0 Å². The molecule has 1 amide bonds. The normalized spacial score (nSPS) is 21.1. The fourth-order valence-corrected chi connectivity index (χ4v) is 5.20. The standard InChI is InChI=1S/C28H28N2O5/c1-27(2)22-11-18(33-15-24(31)30-13-19-14-34-28(3,4)35-19)6-8-21(22)26(32)25-20-7-5-16(12-29)9-17(20)10-23(25)27/h5-9,11,19H,10,13-15H2,1-4H3,(H,30,31). The van der Waals surface area contributed by atoms with Crippen molar-refractivity contribution in [3.05, 3.63) is 69.8 Å². The molecule has 0 bridgehead atoms. The van der Waals surface area contributed by atoms with Crippen molar-refractivity contribution >= 4 is 17.3 Å². The van der Waals surface area contributed by atoms with Gasteiger partial charge in [0.25, 0.3) is 5.91 Å². The van der Waals surface area contributed by atoms with Crippen molar-refractivity contribution in [2.75, 3.05) is 19.8 Å². The largest absolute Gasteiger partial charge is 0.484 e. The molecule has 35 heavy (non-hydrogen) atoms. The first-order valence-corrected chi connectivity index (χ1v) is 11.8. The van der Waals surface area contributed by atoms with Crippen LogP contribution in [-0.2, 0) is 26.1 Å². The molecule has 0 radical (unpaired) electrons. The Morgan fingerprint density at radius 3 is 2.66 bits per heavy atom. The molecular weight excluding hydrogens is 444 g/mol. The Balaban J connectivity index is 1.30. The van der Waals surface area contributed by atoms with E-state index in [1.54, 1.807) is 18.2 Å². The van der Waals surface area contributed by atoms with E-state index in [9.17, 15) is 14.9 Å². The van der Waals surface area contributed by atoms with Crippen LogP contribution >= 0.6 is 0 Å². The number of ether oxygens (including phenoxy) is 3. The van der Waals surface area contributed by atoms with Crippen molar-refractivity contribution in [1.29, 1.82) is 5.26 Å².